The molecule has 120 valence electrons. The maximum atomic E-state index is 12.5. The first-order valence-corrected chi connectivity index (χ1v) is 8.28. The monoisotopic (exact) mass is 328 g/mol. The molecular weight excluding hydrogens is 308 g/mol. The van der Waals surface area contributed by atoms with Gasteiger partial charge in [-0.25, -0.2) is 0 Å². The molecule has 1 unspecified atom stereocenters. The van der Waals surface area contributed by atoms with E-state index in [9.17, 15) is 9.59 Å². The van der Waals surface area contributed by atoms with Gasteiger partial charge in [0.15, 0.2) is 10.9 Å². The Balaban J connectivity index is 2.17. The lowest BCUT2D eigenvalue weighted by molar-refractivity contribution is -0.109. The summed E-state index contributed by atoms with van der Waals surface area (Å²) in [6, 6.07) is 15.0. The Bertz CT molecular complexity index is 675. The minimum atomic E-state index is -0.164. The Morgan fingerprint density at radius 1 is 1.04 bits per heavy atom. The van der Waals surface area contributed by atoms with Crippen LogP contribution < -0.4 is 4.74 Å². The summed E-state index contributed by atoms with van der Waals surface area (Å²) in [6.07, 6.45) is 0.291. The van der Waals surface area contributed by atoms with Gasteiger partial charge in [0.2, 0.25) is 0 Å². The van der Waals surface area contributed by atoms with Crippen LogP contribution >= 0.6 is 11.8 Å². The number of aryl methyl sites for hydroxylation is 1. The van der Waals surface area contributed by atoms with E-state index in [0.717, 1.165) is 16.9 Å². The molecule has 3 nitrogen and oxygen atoms in total. The summed E-state index contributed by atoms with van der Waals surface area (Å²) in [5.41, 5.74) is 2.78. The SMILES string of the molecule is COc1ccc(C(=O)CC(SC(C)=O)c2ccc(C)cc2)cc1. The highest BCUT2D eigenvalue weighted by molar-refractivity contribution is 8.13. The Labute approximate surface area is 141 Å². The third kappa shape index (κ3) is 4.96. The van der Waals surface area contributed by atoms with Crippen LogP contribution in [-0.2, 0) is 4.79 Å². The number of benzene rings is 2. The Hall–Kier alpha value is -2.07. The number of rotatable bonds is 6. The van der Waals surface area contributed by atoms with Crippen molar-refractivity contribution in [3.05, 3.63) is 65.2 Å². The molecule has 0 heterocycles. The molecule has 0 N–H and O–H groups in total. The van der Waals surface area contributed by atoms with Gasteiger partial charge < -0.3 is 4.74 Å². The Kier molecular flexibility index (Phi) is 5.99. The maximum Gasteiger partial charge on any atom is 0.186 e. The van der Waals surface area contributed by atoms with Crippen LogP contribution in [0.2, 0.25) is 0 Å². The van der Waals surface area contributed by atoms with Crippen molar-refractivity contribution in [2.75, 3.05) is 7.11 Å². The molecule has 0 aliphatic rings. The smallest absolute Gasteiger partial charge is 0.186 e. The van der Waals surface area contributed by atoms with E-state index in [-0.39, 0.29) is 16.1 Å². The zero-order valence-corrected chi connectivity index (χ0v) is 14.4. The van der Waals surface area contributed by atoms with Gasteiger partial charge >= 0.3 is 0 Å². The third-order valence-electron chi connectivity index (χ3n) is 3.54. The first-order valence-electron chi connectivity index (χ1n) is 7.40. The van der Waals surface area contributed by atoms with E-state index in [1.54, 1.807) is 31.4 Å². The highest BCUT2D eigenvalue weighted by Crippen LogP contribution is 2.34. The zero-order valence-electron chi connectivity index (χ0n) is 13.5. The van der Waals surface area contributed by atoms with Gasteiger partial charge in [-0.15, -0.1) is 0 Å². The first kappa shape index (κ1) is 17.3. The number of hydrogen-bond acceptors (Lipinski definition) is 4. The van der Waals surface area contributed by atoms with Crippen molar-refractivity contribution < 1.29 is 14.3 Å². The van der Waals surface area contributed by atoms with Crippen LogP contribution in [0.1, 0.15) is 40.1 Å². The van der Waals surface area contributed by atoms with Gasteiger partial charge in [0, 0.05) is 24.2 Å². The number of methoxy groups -OCH3 is 1. The molecule has 0 fully saturated rings. The van der Waals surface area contributed by atoms with Crippen LogP contribution in [0.25, 0.3) is 0 Å². The number of thioether (sulfide) groups is 1. The van der Waals surface area contributed by atoms with E-state index in [1.165, 1.54) is 18.7 Å². The molecular formula is C19H20O3S. The minimum absolute atomic E-state index is 0.0121. The fourth-order valence-electron chi connectivity index (χ4n) is 2.27. The van der Waals surface area contributed by atoms with E-state index in [4.69, 9.17) is 4.74 Å². The second kappa shape index (κ2) is 7.97. The van der Waals surface area contributed by atoms with Gasteiger partial charge in [-0.05, 0) is 36.8 Å². The van der Waals surface area contributed by atoms with Crippen LogP contribution in [0.15, 0.2) is 48.5 Å². The highest BCUT2D eigenvalue weighted by Gasteiger charge is 2.19. The average Bonchev–Trinajstić information content (AvgIpc) is 2.54. The topological polar surface area (TPSA) is 43.4 Å². The van der Waals surface area contributed by atoms with E-state index in [1.807, 2.05) is 31.2 Å². The summed E-state index contributed by atoms with van der Waals surface area (Å²) >= 11 is 1.20. The quantitative estimate of drug-likeness (QED) is 0.727. The van der Waals surface area contributed by atoms with Gasteiger partial charge in [0.05, 0.1) is 7.11 Å². The van der Waals surface area contributed by atoms with Crippen molar-refractivity contribution in [2.45, 2.75) is 25.5 Å². The molecule has 2 rings (SSSR count). The molecule has 0 aliphatic heterocycles. The average molecular weight is 328 g/mol. The molecule has 0 saturated heterocycles. The highest BCUT2D eigenvalue weighted by atomic mass is 32.2. The fourth-order valence-corrected chi connectivity index (χ4v) is 3.20. The summed E-state index contributed by atoms with van der Waals surface area (Å²) in [7, 11) is 1.59. The summed E-state index contributed by atoms with van der Waals surface area (Å²) in [5, 5.41) is -0.152. The van der Waals surface area contributed by atoms with Crippen LogP contribution in [-0.4, -0.2) is 18.0 Å². The van der Waals surface area contributed by atoms with E-state index in [0.29, 0.717) is 12.0 Å². The predicted molar refractivity (Wildman–Crippen MR) is 94.1 cm³/mol. The minimum Gasteiger partial charge on any atom is -0.497 e. The molecule has 0 radical (unpaired) electrons. The Morgan fingerprint density at radius 3 is 2.17 bits per heavy atom. The maximum absolute atomic E-state index is 12.5. The van der Waals surface area contributed by atoms with Gasteiger partial charge in [-0.2, -0.15) is 0 Å². The second-order valence-corrected chi connectivity index (χ2v) is 6.74. The van der Waals surface area contributed by atoms with Gasteiger partial charge in [-0.1, -0.05) is 41.6 Å². The van der Waals surface area contributed by atoms with E-state index >= 15 is 0 Å². The van der Waals surface area contributed by atoms with Crippen LogP contribution in [0.5, 0.6) is 5.75 Å². The fraction of sp³-hybridized carbons (Fsp3) is 0.263. The molecule has 0 amide bonds. The number of carbonyl (C=O) groups excluding carboxylic acids is 2. The molecule has 0 aliphatic carbocycles. The molecule has 4 heteroatoms. The molecule has 2 aromatic carbocycles. The van der Waals surface area contributed by atoms with Crippen LogP contribution in [0.3, 0.4) is 0 Å². The second-order valence-electron chi connectivity index (χ2n) is 5.36. The normalized spacial score (nSPS) is 11.8. The summed E-state index contributed by atoms with van der Waals surface area (Å²) in [5.74, 6) is 0.738. The lowest BCUT2D eigenvalue weighted by Gasteiger charge is -2.15. The number of hydrogen-bond donors (Lipinski definition) is 0. The van der Waals surface area contributed by atoms with Gasteiger partial charge in [0.25, 0.3) is 0 Å². The summed E-state index contributed by atoms with van der Waals surface area (Å²) < 4.78 is 5.10. The molecule has 1 atom stereocenters. The lowest BCUT2D eigenvalue weighted by Crippen LogP contribution is -2.07. The van der Waals surface area contributed by atoms with Crippen LogP contribution in [0.4, 0.5) is 0 Å². The predicted octanol–water partition coefficient (Wildman–Crippen LogP) is 4.60. The number of Topliss-reactive ketones (excluding diaryl/α,β-unsaturated/α-hetero) is 1. The number of carbonyl (C=O) groups is 2. The molecule has 0 spiro atoms. The van der Waals surface area contributed by atoms with Crippen molar-refractivity contribution >= 4 is 22.7 Å². The molecule has 2 aromatic rings. The zero-order chi connectivity index (χ0) is 16.8. The van der Waals surface area contributed by atoms with Crippen molar-refractivity contribution in [3.8, 4) is 5.75 Å². The van der Waals surface area contributed by atoms with Crippen molar-refractivity contribution in [1.29, 1.82) is 0 Å². The molecule has 0 aromatic heterocycles. The standard InChI is InChI=1S/C19H20O3S/c1-13-4-6-16(7-5-13)19(23-14(2)20)12-18(21)15-8-10-17(22-3)11-9-15/h4-11,19H,12H2,1-3H3. The summed E-state index contributed by atoms with van der Waals surface area (Å²) in [4.78, 5) is 24.0. The number of ketones is 1. The molecule has 0 saturated carbocycles. The van der Waals surface area contributed by atoms with Crippen molar-refractivity contribution in [1.82, 2.24) is 0 Å². The lowest BCUT2D eigenvalue weighted by atomic mass is 10.0. The van der Waals surface area contributed by atoms with Gasteiger partial charge in [-0.3, -0.25) is 9.59 Å². The third-order valence-corrected chi connectivity index (χ3v) is 4.60. The van der Waals surface area contributed by atoms with Crippen LogP contribution in [0, 0.1) is 6.92 Å². The molecule has 0 bridgehead atoms. The van der Waals surface area contributed by atoms with Crippen molar-refractivity contribution in [3.63, 3.8) is 0 Å². The molecule has 23 heavy (non-hydrogen) atoms. The first-order chi connectivity index (χ1) is 11.0. The largest absolute Gasteiger partial charge is 0.497 e. The van der Waals surface area contributed by atoms with Gasteiger partial charge in [0.1, 0.15) is 5.75 Å². The summed E-state index contributed by atoms with van der Waals surface area (Å²) in [6.45, 7) is 3.54. The van der Waals surface area contributed by atoms with E-state index < -0.39 is 0 Å². The van der Waals surface area contributed by atoms with Crippen molar-refractivity contribution in [2.24, 2.45) is 0 Å². The Morgan fingerprint density at radius 2 is 1.65 bits per heavy atom. The van der Waals surface area contributed by atoms with E-state index in [2.05, 4.69) is 0 Å². The number of ether oxygens (including phenoxy) is 1.